The van der Waals surface area contributed by atoms with Crippen LogP contribution >= 0.6 is 0 Å². The summed E-state index contributed by atoms with van der Waals surface area (Å²) in [7, 11) is 0. The van der Waals surface area contributed by atoms with E-state index >= 15 is 0 Å². The van der Waals surface area contributed by atoms with Gasteiger partial charge in [-0.3, -0.25) is 9.59 Å². The molecule has 2 amide bonds. The standard InChI is InChI=1S/C22H30N4O2/c1-3-16(2)24-22(28)20-25-19(18-13-7-8-15-26(18)20)21(27)23-14-9-12-17-10-5-4-6-11-17/h4-6,10-11,16H,3,7-9,12-15H2,1-2H3,(H,23,27)(H,24,28). The van der Waals surface area contributed by atoms with E-state index in [-0.39, 0.29) is 17.9 Å². The molecule has 0 saturated heterocycles. The number of nitrogens with zero attached hydrogens (tertiary/aromatic N) is 2. The maximum atomic E-state index is 12.7. The molecule has 0 saturated carbocycles. The molecule has 6 nitrogen and oxygen atoms in total. The Labute approximate surface area is 166 Å². The Morgan fingerprint density at radius 3 is 2.71 bits per heavy atom. The van der Waals surface area contributed by atoms with Gasteiger partial charge in [0.1, 0.15) is 5.69 Å². The van der Waals surface area contributed by atoms with E-state index in [2.05, 4.69) is 27.8 Å². The van der Waals surface area contributed by atoms with E-state index < -0.39 is 0 Å². The molecule has 0 radical (unpaired) electrons. The Bertz CT molecular complexity index is 813. The van der Waals surface area contributed by atoms with Crippen LogP contribution in [0.2, 0.25) is 0 Å². The maximum absolute atomic E-state index is 12.7. The van der Waals surface area contributed by atoms with E-state index in [9.17, 15) is 9.59 Å². The molecule has 1 aromatic carbocycles. The highest BCUT2D eigenvalue weighted by molar-refractivity contribution is 5.97. The molecule has 0 spiro atoms. The second kappa shape index (κ2) is 9.53. The Morgan fingerprint density at radius 2 is 1.96 bits per heavy atom. The molecule has 150 valence electrons. The minimum absolute atomic E-state index is 0.0827. The van der Waals surface area contributed by atoms with Crippen molar-refractivity contribution in [2.45, 2.75) is 65.0 Å². The Hall–Kier alpha value is -2.63. The number of carbonyl (C=O) groups is 2. The quantitative estimate of drug-likeness (QED) is 0.689. The molecular weight excluding hydrogens is 352 g/mol. The molecule has 1 aliphatic rings. The second-order valence-corrected chi connectivity index (χ2v) is 7.47. The van der Waals surface area contributed by atoms with Gasteiger partial charge in [-0.15, -0.1) is 0 Å². The number of hydrogen-bond donors (Lipinski definition) is 2. The largest absolute Gasteiger partial charge is 0.351 e. The molecule has 1 aliphatic heterocycles. The summed E-state index contributed by atoms with van der Waals surface area (Å²) in [6.07, 6.45) is 5.46. The van der Waals surface area contributed by atoms with Gasteiger partial charge in [0.25, 0.3) is 11.8 Å². The van der Waals surface area contributed by atoms with Gasteiger partial charge in [0.05, 0.1) is 5.69 Å². The van der Waals surface area contributed by atoms with Crippen molar-refractivity contribution in [3.63, 3.8) is 0 Å². The number of rotatable bonds is 8. The number of aryl methyl sites for hydroxylation is 1. The zero-order valence-electron chi connectivity index (χ0n) is 16.8. The van der Waals surface area contributed by atoms with E-state index in [0.29, 0.717) is 18.1 Å². The van der Waals surface area contributed by atoms with Crippen LogP contribution in [0.15, 0.2) is 30.3 Å². The summed E-state index contributed by atoms with van der Waals surface area (Å²) in [6, 6.07) is 10.3. The third-order valence-electron chi connectivity index (χ3n) is 5.30. The van der Waals surface area contributed by atoms with E-state index in [1.165, 1.54) is 5.56 Å². The van der Waals surface area contributed by atoms with Crippen molar-refractivity contribution >= 4 is 11.8 Å². The molecule has 0 aliphatic carbocycles. The Morgan fingerprint density at radius 1 is 1.18 bits per heavy atom. The summed E-state index contributed by atoms with van der Waals surface area (Å²) in [4.78, 5) is 29.8. The summed E-state index contributed by atoms with van der Waals surface area (Å²) in [5.41, 5.74) is 2.56. The molecule has 2 N–H and O–H groups in total. The Kier molecular flexibility index (Phi) is 6.85. The predicted octanol–water partition coefficient (Wildman–Crippen LogP) is 3.11. The molecule has 6 heteroatoms. The van der Waals surface area contributed by atoms with Crippen LogP contribution in [0.5, 0.6) is 0 Å². The third kappa shape index (κ3) is 4.80. The zero-order valence-corrected chi connectivity index (χ0v) is 16.8. The third-order valence-corrected chi connectivity index (χ3v) is 5.30. The zero-order chi connectivity index (χ0) is 19.9. The van der Waals surface area contributed by atoms with Crippen molar-refractivity contribution < 1.29 is 9.59 Å². The lowest BCUT2D eigenvalue weighted by atomic mass is 10.1. The molecule has 1 unspecified atom stereocenters. The molecule has 2 aromatic rings. The van der Waals surface area contributed by atoms with Crippen molar-refractivity contribution in [3.05, 3.63) is 53.1 Å². The lowest BCUT2D eigenvalue weighted by Crippen LogP contribution is -2.34. The van der Waals surface area contributed by atoms with Gasteiger partial charge in [0.2, 0.25) is 0 Å². The second-order valence-electron chi connectivity index (χ2n) is 7.47. The first-order valence-corrected chi connectivity index (χ1v) is 10.3. The highest BCUT2D eigenvalue weighted by Gasteiger charge is 2.27. The molecule has 28 heavy (non-hydrogen) atoms. The van der Waals surface area contributed by atoms with Crippen LogP contribution in [0.4, 0.5) is 0 Å². The minimum atomic E-state index is -0.194. The number of aromatic nitrogens is 2. The van der Waals surface area contributed by atoms with Gasteiger partial charge in [-0.1, -0.05) is 37.3 Å². The van der Waals surface area contributed by atoms with Gasteiger partial charge in [-0.05, 0) is 51.0 Å². The van der Waals surface area contributed by atoms with Gasteiger partial charge in [-0.2, -0.15) is 0 Å². The molecule has 3 rings (SSSR count). The number of fused-ring (bicyclic) bond motifs is 1. The van der Waals surface area contributed by atoms with Crippen molar-refractivity contribution in [1.82, 2.24) is 20.2 Å². The number of nitrogens with one attached hydrogen (secondary N) is 2. The summed E-state index contributed by atoms with van der Waals surface area (Å²) >= 11 is 0. The fourth-order valence-corrected chi connectivity index (χ4v) is 3.51. The first-order chi connectivity index (χ1) is 13.6. The minimum Gasteiger partial charge on any atom is -0.351 e. The van der Waals surface area contributed by atoms with E-state index in [4.69, 9.17) is 0 Å². The normalized spacial score (nSPS) is 14.2. The molecule has 0 bridgehead atoms. The van der Waals surface area contributed by atoms with Crippen LogP contribution < -0.4 is 10.6 Å². The van der Waals surface area contributed by atoms with Crippen LogP contribution in [0, 0.1) is 0 Å². The molecule has 1 atom stereocenters. The highest BCUT2D eigenvalue weighted by atomic mass is 16.2. The van der Waals surface area contributed by atoms with Gasteiger partial charge >= 0.3 is 0 Å². The van der Waals surface area contributed by atoms with Crippen molar-refractivity contribution in [3.8, 4) is 0 Å². The van der Waals surface area contributed by atoms with E-state index in [1.54, 1.807) is 0 Å². The van der Waals surface area contributed by atoms with E-state index in [1.807, 2.05) is 36.6 Å². The average Bonchev–Trinajstić information content (AvgIpc) is 3.11. The van der Waals surface area contributed by atoms with E-state index in [0.717, 1.165) is 50.8 Å². The van der Waals surface area contributed by atoms with Crippen molar-refractivity contribution in [1.29, 1.82) is 0 Å². The smallest absolute Gasteiger partial charge is 0.287 e. The van der Waals surface area contributed by atoms with Gasteiger partial charge < -0.3 is 15.2 Å². The molecule has 0 fully saturated rings. The van der Waals surface area contributed by atoms with Crippen LogP contribution in [-0.2, 0) is 19.4 Å². The topological polar surface area (TPSA) is 76.0 Å². The number of carbonyl (C=O) groups excluding carboxylic acids is 2. The van der Waals surface area contributed by atoms with Crippen LogP contribution in [0.25, 0.3) is 0 Å². The number of hydrogen-bond acceptors (Lipinski definition) is 3. The van der Waals surface area contributed by atoms with Crippen LogP contribution in [0.3, 0.4) is 0 Å². The number of benzene rings is 1. The van der Waals surface area contributed by atoms with Gasteiger partial charge in [0.15, 0.2) is 5.82 Å². The van der Waals surface area contributed by atoms with Crippen molar-refractivity contribution in [2.24, 2.45) is 0 Å². The van der Waals surface area contributed by atoms with Crippen molar-refractivity contribution in [2.75, 3.05) is 6.54 Å². The highest BCUT2D eigenvalue weighted by Crippen LogP contribution is 2.21. The lowest BCUT2D eigenvalue weighted by molar-refractivity contribution is 0.0923. The predicted molar refractivity (Wildman–Crippen MR) is 109 cm³/mol. The molecule has 1 aromatic heterocycles. The van der Waals surface area contributed by atoms with Gasteiger partial charge in [0, 0.05) is 19.1 Å². The fraction of sp³-hybridized carbons (Fsp3) is 0.500. The van der Waals surface area contributed by atoms with Crippen LogP contribution in [0.1, 0.15) is 71.9 Å². The summed E-state index contributed by atoms with van der Waals surface area (Å²) in [5.74, 6) is -0.00800. The van der Waals surface area contributed by atoms with Crippen LogP contribution in [-0.4, -0.2) is 34.0 Å². The summed E-state index contributed by atoms with van der Waals surface area (Å²) in [6.45, 7) is 5.33. The number of imidazole rings is 1. The number of amides is 2. The Balaban J connectivity index is 1.65. The molecule has 2 heterocycles. The molecular formula is C22H30N4O2. The maximum Gasteiger partial charge on any atom is 0.287 e. The monoisotopic (exact) mass is 382 g/mol. The fourth-order valence-electron chi connectivity index (χ4n) is 3.51. The summed E-state index contributed by atoms with van der Waals surface area (Å²) < 4.78 is 1.93. The van der Waals surface area contributed by atoms with Gasteiger partial charge in [-0.25, -0.2) is 4.98 Å². The summed E-state index contributed by atoms with van der Waals surface area (Å²) in [5, 5.41) is 5.94. The lowest BCUT2D eigenvalue weighted by Gasteiger charge is -2.18. The first-order valence-electron chi connectivity index (χ1n) is 10.3. The average molecular weight is 383 g/mol. The first kappa shape index (κ1) is 20.1. The SMILES string of the molecule is CCC(C)NC(=O)c1nc(C(=O)NCCCc2ccccc2)c2n1CCCC2.